The normalized spacial score (nSPS) is 10.8. The standard InChI is InChI=1S/C13H9FN2O3S/c14-10-5-8(12(17)18)1-2-11(10)19-7-9-6-16-3-4-20-13(16)15-9/h1-6H,7H2,(H,17,18). The number of thiazole rings is 1. The van der Waals surface area contributed by atoms with Crippen LogP contribution in [0.5, 0.6) is 5.75 Å². The molecule has 3 aromatic rings. The van der Waals surface area contributed by atoms with Gasteiger partial charge in [-0.2, -0.15) is 0 Å². The van der Waals surface area contributed by atoms with Gasteiger partial charge < -0.3 is 9.84 Å². The van der Waals surface area contributed by atoms with Gasteiger partial charge in [0, 0.05) is 17.8 Å². The minimum absolute atomic E-state index is 0.00588. The third-order valence-electron chi connectivity index (χ3n) is 2.70. The lowest BCUT2D eigenvalue weighted by molar-refractivity contribution is 0.0696. The van der Waals surface area contributed by atoms with E-state index in [-0.39, 0.29) is 17.9 Å². The minimum Gasteiger partial charge on any atom is -0.484 e. The van der Waals surface area contributed by atoms with E-state index >= 15 is 0 Å². The minimum atomic E-state index is -1.18. The van der Waals surface area contributed by atoms with Gasteiger partial charge in [-0.05, 0) is 18.2 Å². The molecule has 1 N–H and O–H groups in total. The van der Waals surface area contributed by atoms with Crippen LogP contribution in [0.4, 0.5) is 4.39 Å². The largest absolute Gasteiger partial charge is 0.484 e. The highest BCUT2D eigenvalue weighted by molar-refractivity contribution is 7.15. The molecule has 3 rings (SSSR count). The summed E-state index contributed by atoms with van der Waals surface area (Å²) in [6.45, 7) is 0.123. The van der Waals surface area contributed by atoms with Gasteiger partial charge >= 0.3 is 5.97 Å². The van der Waals surface area contributed by atoms with E-state index in [1.54, 1.807) is 6.20 Å². The zero-order valence-corrected chi connectivity index (χ0v) is 10.9. The van der Waals surface area contributed by atoms with Crippen LogP contribution in [0.2, 0.25) is 0 Å². The molecular formula is C13H9FN2O3S. The van der Waals surface area contributed by atoms with Crippen LogP contribution in [0.3, 0.4) is 0 Å². The van der Waals surface area contributed by atoms with Gasteiger partial charge in [0.25, 0.3) is 0 Å². The number of aromatic carboxylic acids is 1. The highest BCUT2D eigenvalue weighted by Gasteiger charge is 2.10. The summed E-state index contributed by atoms with van der Waals surface area (Å²) in [6.07, 6.45) is 3.67. The van der Waals surface area contributed by atoms with Crippen molar-refractivity contribution in [2.75, 3.05) is 0 Å². The molecule has 1 aromatic carbocycles. The number of benzene rings is 1. The summed E-state index contributed by atoms with van der Waals surface area (Å²) in [7, 11) is 0. The Balaban J connectivity index is 1.74. The fourth-order valence-electron chi connectivity index (χ4n) is 1.75. The lowest BCUT2D eigenvalue weighted by Crippen LogP contribution is -2.01. The number of carboxylic acid groups (broad SMARTS) is 1. The molecule has 2 heterocycles. The van der Waals surface area contributed by atoms with Crippen molar-refractivity contribution in [1.29, 1.82) is 0 Å². The van der Waals surface area contributed by atoms with Gasteiger partial charge in [0.15, 0.2) is 16.5 Å². The maximum atomic E-state index is 13.6. The number of hydrogen-bond donors (Lipinski definition) is 1. The van der Waals surface area contributed by atoms with Crippen LogP contribution in [0.25, 0.3) is 4.96 Å². The predicted molar refractivity (Wildman–Crippen MR) is 70.8 cm³/mol. The molecule has 0 aliphatic carbocycles. The van der Waals surface area contributed by atoms with Crippen LogP contribution in [-0.2, 0) is 6.61 Å². The van der Waals surface area contributed by atoms with Crippen LogP contribution in [0.15, 0.2) is 36.0 Å². The van der Waals surface area contributed by atoms with E-state index in [2.05, 4.69) is 4.98 Å². The van der Waals surface area contributed by atoms with Crippen molar-refractivity contribution in [2.45, 2.75) is 6.61 Å². The summed E-state index contributed by atoms with van der Waals surface area (Å²) in [6, 6.07) is 3.53. The Hall–Kier alpha value is -2.41. The predicted octanol–water partition coefficient (Wildman–Crippen LogP) is 2.81. The van der Waals surface area contributed by atoms with Crippen molar-refractivity contribution >= 4 is 22.3 Å². The molecule has 5 nitrogen and oxygen atoms in total. The molecule has 0 bridgehead atoms. The number of halogens is 1. The van der Waals surface area contributed by atoms with Crippen molar-refractivity contribution in [1.82, 2.24) is 9.38 Å². The number of hydrogen-bond acceptors (Lipinski definition) is 4. The second-order valence-corrected chi connectivity index (χ2v) is 4.94. The first kappa shape index (κ1) is 12.6. The van der Waals surface area contributed by atoms with Crippen LogP contribution in [0.1, 0.15) is 16.1 Å². The van der Waals surface area contributed by atoms with E-state index < -0.39 is 11.8 Å². The zero-order chi connectivity index (χ0) is 14.1. The second kappa shape index (κ2) is 4.93. The molecule has 0 aliphatic rings. The lowest BCUT2D eigenvalue weighted by Gasteiger charge is -2.05. The molecule has 0 amide bonds. The number of ether oxygens (including phenoxy) is 1. The summed E-state index contributed by atoms with van der Waals surface area (Å²) in [4.78, 5) is 15.8. The molecule has 7 heteroatoms. The summed E-state index contributed by atoms with van der Waals surface area (Å²) >= 11 is 1.50. The fourth-order valence-corrected chi connectivity index (χ4v) is 2.47. The Morgan fingerprint density at radius 1 is 1.50 bits per heavy atom. The number of carbonyl (C=O) groups is 1. The van der Waals surface area contributed by atoms with Gasteiger partial charge in [-0.15, -0.1) is 11.3 Å². The first-order valence-electron chi connectivity index (χ1n) is 5.70. The Labute approximate surface area is 116 Å². The Morgan fingerprint density at radius 2 is 2.35 bits per heavy atom. The summed E-state index contributed by atoms with van der Waals surface area (Å²) in [5, 5.41) is 10.7. The van der Waals surface area contributed by atoms with Crippen LogP contribution in [-0.4, -0.2) is 20.5 Å². The molecule has 0 atom stereocenters. The SMILES string of the molecule is O=C(O)c1ccc(OCc2cn3ccsc3n2)c(F)c1. The Kier molecular flexibility index (Phi) is 3.11. The maximum absolute atomic E-state index is 13.6. The zero-order valence-electron chi connectivity index (χ0n) is 10.1. The van der Waals surface area contributed by atoms with E-state index in [9.17, 15) is 9.18 Å². The van der Waals surface area contributed by atoms with E-state index in [0.29, 0.717) is 5.69 Å². The van der Waals surface area contributed by atoms with Crippen molar-refractivity contribution in [2.24, 2.45) is 0 Å². The topological polar surface area (TPSA) is 63.8 Å². The molecule has 0 aliphatic heterocycles. The summed E-state index contributed by atoms with van der Waals surface area (Å²) in [5.74, 6) is -1.87. The molecular weight excluding hydrogens is 283 g/mol. The molecule has 0 spiro atoms. The third-order valence-corrected chi connectivity index (χ3v) is 3.47. The van der Waals surface area contributed by atoms with E-state index in [1.165, 1.54) is 23.5 Å². The first-order chi connectivity index (χ1) is 9.63. The molecule has 0 saturated carbocycles. The average Bonchev–Trinajstić information content (AvgIpc) is 2.97. The number of rotatable bonds is 4. The monoisotopic (exact) mass is 292 g/mol. The molecule has 0 fully saturated rings. The number of imidazole rings is 1. The average molecular weight is 292 g/mol. The van der Waals surface area contributed by atoms with Gasteiger partial charge in [0.1, 0.15) is 6.61 Å². The second-order valence-electron chi connectivity index (χ2n) is 4.06. The van der Waals surface area contributed by atoms with Crippen molar-refractivity contribution in [3.05, 3.63) is 53.0 Å². The van der Waals surface area contributed by atoms with Gasteiger partial charge in [0.05, 0.1) is 11.3 Å². The van der Waals surface area contributed by atoms with E-state index in [0.717, 1.165) is 11.0 Å². The number of nitrogens with zero attached hydrogens (tertiary/aromatic N) is 2. The van der Waals surface area contributed by atoms with Gasteiger partial charge in [-0.25, -0.2) is 14.2 Å². The number of aromatic nitrogens is 2. The molecule has 2 aromatic heterocycles. The van der Waals surface area contributed by atoms with Crippen LogP contribution < -0.4 is 4.74 Å². The first-order valence-corrected chi connectivity index (χ1v) is 6.58. The quantitative estimate of drug-likeness (QED) is 0.803. The third kappa shape index (κ3) is 2.35. The smallest absolute Gasteiger partial charge is 0.335 e. The van der Waals surface area contributed by atoms with Crippen LogP contribution in [0, 0.1) is 5.82 Å². The molecule has 20 heavy (non-hydrogen) atoms. The van der Waals surface area contributed by atoms with Crippen molar-refractivity contribution < 1.29 is 19.0 Å². The van der Waals surface area contributed by atoms with Gasteiger partial charge in [-0.1, -0.05) is 0 Å². The van der Waals surface area contributed by atoms with E-state index in [1.807, 2.05) is 16.0 Å². The van der Waals surface area contributed by atoms with Crippen molar-refractivity contribution in [3.8, 4) is 5.75 Å². The van der Waals surface area contributed by atoms with Crippen molar-refractivity contribution in [3.63, 3.8) is 0 Å². The molecule has 0 radical (unpaired) electrons. The summed E-state index contributed by atoms with van der Waals surface area (Å²) in [5.41, 5.74) is 0.566. The molecule has 0 saturated heterocycles. The highest BCUT2D eigenvalue weighted by atomic mass is 32.1. The highest BCUT2D eigenvalue weighted by Crippen LogP contribution is 2.20. The van der Waals surface area contributed by atoms with Crippen LogP contribution >= 0.6 is 11.3 Å². The Morgan fingerprint density at radius 3 is 3.05 bits per heavy atom. The molecule has 102 valence electrons. The lowest BCUT2D eigenvalue weighted by atomic mass is 10.2. The fraction of sp³-hybridized carbons (Fsp3) is 0.0769. The van der Waals surface area contributed by atoms with E-state index in [4.69, 9.17) is 9.84 Å². The van der Waals surface area contributed by atoms with Gasteiger partial charge in [0.2, 0.25) is 0 Å². The number of carboxylic acids is 1. The maximum Gasteiger partial charge on any atom is 0.335 e. The van der Waals surface area contributed by atoms with Gasteiger partial charge in [-0.3, -0.25) is 4.40 Å². The molecule has 0 unspecified atom stereocenters. The number of fused-ring (bicyclic) bond motifs is 1. The summed E-state index contributed by atoms with van der Waals surface area (Å²) < 4.78 is 20.8. The Bertz CT molecular complexity index is 752.